The number of hydrogen-bond acceptors (Lipinski definition) is 4. The van der Waals surface area contributed by atoms with E-state index < -0.39 is 11.7 Å². The molecule has 2 aliphatic heterocycles. The van der Waals surface area contributed by atoms with Crippen molar-refractivity contribution < 1.29 is 8.78 Å². The van der Waals surface area contributed by atoms with Gasteiger partial charge in [-0.15, -0.1) is 0 Å². The Morgan fingerprint density at radius 2 is 2.00 bits per heavy atom. The zero-order valence-corrected chi connectivity index (χ0v) is 10.3. The minimum absolute atomic E-state index is 0.382. The smallest absolute Gasteiger partial charge is 0.303 e. The fourth-order valence-corrected chi connectivity index (χ4v) is 2.72. The van der Waals surface area contributed by atoms with Crippen molar-refractivity contribution in [2.75, 3.05) is 31.1 Å². The molecule has 1 aromatic heterocycles. The monoisotopic (exact) mass is 254 g/mol. The van der Waals surface area contributed by atoms with Crippen molar-refractivity contribution in [1.29, 1.82) is 0 Å². The van der Waals surface area contributed by atoms with Crippen LogP contribution in [0.3, 0.4) is 0 Å². The van der Waals surface area contributed by atoms with Crippen LogP contribution in [0.25, 0.3) is 0 Å². The lowest BCUT2D eigenvalue weighted by molar-refractivity contribution is 0.00767. The van der Waals surface area contributed by atoms with Gasteiger partial charge in [0.15, 0.2) is 5.82 Å². The van der Waals surface area contributed by atoms with E-state index in [9.17, 15) is 8.78 Å². The van der Waals surface area contributed by atoms with Gasteiger partial charge in [-0.05, 0) is 13.0 Å². The van der Waals surface area contributed by atoms with Crippen molar-refractivity contribution in [2.45, 2.75) is 19.3 Å². The molecular weight excluding hydrogens is 238 g/mol. The van der Waals surface area contributed by atoms with Crippen LogP contribution < -0.4 is 10.2 Å². The van der Waals surface area contributed by atoms with Crippen LogP contribution in [0.5, 0.6) is 0 Å². The zero-order chi connectivity index (χ0) is 12.8. The van der Waals surface area contributed by atoms with Gasteiger partial charge in [0.05, 0.1) is 18.1 Å². The molecule has 1 aromatic rings. The van der Waals surface area contributed by atoms with E-state index in [1.807, 2.05) is 0 Å². The number of rotatable bonds is 2. The molecule has 0 aliphatic carbocycles. The van der Waals surface area contributed by atoms with Gasteiger partial charge in [0.25, 0.3) is 0 Å². The van der Waals surface area contributed by atoms with E-state index in [2.05, 4.69) is 20.2 Å². The zero-order valence-electron chi connectivity index (χ0n) is 10.3. The molecular formula is C12H16F2N4. The molecule has 2 aliphatic rings. The van der Waals surface area contributed by atoms with E-state index in [1.54, 1.807) is 0 Å². The lowest BCUT2D eigenvalue weighted by atomic mass is 9.79. The summed E-state index contributed by atoms with van der Waals surface area (Å²) in [5.74, 6) is -3.38. The predicted octanol–water partition coefficient (Wildman–Crippen LogP) is 1.39. The number of hydrogen-bond donors (Lipinski definition) is 1. The minimum atomic E-state index is -2.97. The summed E-state index contributed by atoms with van der Waals surface area (Å²) in [6, 6.07) is 0. The first-order valence-electron chi connectivity index (χ1n) is 6.15. The molecule has 0 amide bonds. The first-order chi connectivity index (χ1) is 8.49. The summed E-state index contributed by atoms with van der Waals surface area (Å²) in [6.45, 7) is 4.86. The van der Waals surface area contributed by atoms with Gasteiger partial charge in [-0.2, -0.15) is 8.78 Å². The van der Waals surface area contributed by atoms with E-state index in [-0.39, 0.29) is 0 Å². The highest BCUT2D eigenvalue weighted by Crippen LogP contribution is 2.38. The van der Waals surface area contributed by atoms with Gasteiger partial charge in [0.2, 0.25) is 0 Å². The van der Waals surface area contributed by atoms with Gasteiger partial charge in [0, 0.05) is 32.0 Å². The van der Waals surface area contributed by atoms with Crippen LogP contribution in [0.15, 0.2) is 12.4 Å². The number of anilines is 1. The highest BCUT2D eigenvalue weighted by molar-refractivity contribution is 5.46. The van der Waals surface area contributed by atoms with E-state index in [4.69, 9.17) is 0 Å². The molecule has 2 saturated heterocycles. The largest absolute Gasteiger partial charge is 0.368 e. The Labute approximate surface area is 104 Å². The van der Waals surface area contributed by atoms with Crippen LogP contribution in [-0.2, 0) is 5.92 Å². The fraction of sp³-hybridized carbons (Fsp3) is 0.667. The summed E-state index contributed by atoms with van der Waals surface area (Å²) in [4.78, 5) is 9.64. The van der Waals surface area contributed by atoms with Crippen LogP contribution in [0, 0.1) is 5.41 Å². The Kier molecular flexibility index (Phi) is 2.52. The quantitative estimate of drug-likeness (QED) is 0.866. The molecule has 0 saturated carbocycles. The molecule has 0 aromatic carbocycles. The van der Waals surface area contributed by atoms with Crippen molar-refractivity contribution in [3.8, 4) is 0 Å². The molecule has 0 radical (unpaired) electrons. The van der Waals surface area contributed by atoms with Crippen molar-refractivity contribution in [1.82, 2.24) is 15.3 Å². The molecule has 18 heavy (non-hydrogen) atoms. The maximum absolute atomic E-state index is 13.0. The van der Waals surface area contributed by atoms with Crippen LogP contribution in [0.2, 0.25) is 0 Å². The Hall–Kier alpha value is -1.30. The highest BCUT2D eigenvalue weighted by Gasteiger charge is 2.45. The molecule has 1 spiro atoms. The van der Waals surface area contributed by atoms with Gasteiger partial charge in [0.1, 0.15) is 0 Å². The van der Waals surface area contributed by atoms with E-state index in [1.165, 1.54) is 18.8 Å². The third-order valence-corrected chi connectivity index (χ3v) is 3.78. The molecule has 3 heterocycles. The van der Waals surface area contributed by atoms with Crippen molar-refractivity contribution in [2.24, 2.45) is 5.41 Å². The van der Waals surface area contributed by atoms with Crippen LogP contribution in [0.4, 0.5) is 14.5 Å². The summed E-state index contributed by atoms with van der Waals surface area (Å²) >= 11 is 0. The first kappa shape index (κ1) is 11.8. The van der Waals surface area contributed by atoms with Gasteiger partial charge in [-0.25, -0.2) is 9.97 Å². The molecule has 4 nitrogen and oxygen atoms in total. The average Bonchev–Trinajstić information content (AvgIpc) is 2.75. The second kappa shape index (κ2) is 3.85. The standard InChI is InChI=1S/C12H16F2N4/c1-11(13,14)10-16-4-9(5-17-10)18-7-12(8-18)2-3-15-6-12/h4-5,15H,2-3,6-8H2,1H3. The Morgan fingerprint density at radius 1 is 1.33 bits per heavy atom. The molecule has 0 unspecified atom stereocenters. The second-order valence-electron chi connectivity index (χ2n) is 5.44. The fourth-order valence-electron chi connectivity index (χ4n) is 2.72. The van der Waals surface area contributed by atoms with Gasteiger partial charge in [-0.3, -0.25) is 0 Å². The van der Waals surface area contributed by atoms with Gasteiger partial charge in [-0.1, -0.05) is 0 Å². The number of aromatic nitrogens is 2. The van der Waals surface area contributed by atoms with Crippen LogP contribution in [0.1, 0.15) is 19.2 Å². The number of alkyl halides is 2. The molecule has 3 rings (SSSR count). The van der Waals surface area contributed by atoms with E-state index >= 15 is 0 Å². The van der Waals surface area contributed by atoms with Crippen molar-refractivity contribution in [3.05, 3.63) is 18.2 Å². The molecule has 6 heteroatoms. The molecule has 0 atom stereocenters. The van der Waals surface area contributed by atoms with Crippen molar-refractivity contribution >= 4 is 5.69 Å². The summed E-state index contributed by atoms with van der Waals surface area (Å²) in [5.41, 5.74) is 1.22. The Bertz CT molecular complexity index is 426. The summed E-state index contributed by atoms with van der Waals surface area (Å²) in [5, 5.41) is 3.36. The highest BCUT2D eigenvalue weighted by atomic mass is 19.3. The summed E-state index contributed by atoms with van der Waals surface area (Å²) < 4.78 is 26.0. The van der Waals surface area contributed by atoms with Crippen LogP contribution in [-0.4, -0.2) is 36.1 Å². The van der Waals surface area contributed by atoms with E-state index in [0.29, 0.717) is 5.41 Å². The first-order valence-corrected chi connectivity index (χ1v) is 6.15. The molecule has 1 N–H and O–H groups in total. The minimum Gasteiger partial charge on any atom is -0.368 e. The summed E-state index contributed by atoms with van der Waals surface area (Å²) in [6.07, 6.45) is 4.18. The molecule has 2 fully saturated rings. The topological polar surface area (TPSA) is 41.1 Å². The van der Waals surface area contributed by atoms with Gasteiger partial charge < -0.3 is 10.2 Å². The normalized spacial score (nSPS) is 22.3. The van der Waals surface area contributed by atoms with E-state index in [0.717, 1.165) is 38.8 Å². The average molecular weight is 254 g/mol. The van der Waals surface area contributed by atoms with Gasteiger partial charge >= 0.3 is 5.92 Å². The third kappa shape index (κ3) is 1.94. The Morgan fingerprint density at radius 3 is 2.50 bits per heavy atom. The predicted molar refractivity (Wildman–Crippen MR) is 63.7 cm³/mol. The maximum Gasteiger partial charge on any atom is 0.303 e. The second-order valence-corrected chi connectivity index (χ2v) is 5.44. The number of halogens is 2. The SMILES string of the molecule is CC(F)(F)c1ncc(N2CC3(CCNC3)C2)cn1. The summed E-state index contributed by atoms with van der Waals surface area (Å²) in [7, 11) is 0. The molecule has 0 bridgehead atoms. The maximum atomic E-state index is 13.0. The lowest BCUT2D eigenvalue weighted by Gasteiger charge is -2.48. The molecule has 98 valence electrons. The van der Waals surface area contributed by atoms with Crippen LogP contribution >= 0.6 is 0 Å². The van der Waals surface area contributed by atoms with Crippen molar-refractivity contribution in [3.63, 3.8) is 0 Å². The third-order valence-electron chi connectivity index (χ3n) is 3.78. The lowest BCUT2D eigenvalue weighted by Crippen LogP contribution is -2.57. The number of nitrogens with one attached hydrogen (secondary N) is 1. The number of nitrogens with zero attached hydrogens (tertiary/aromatic N) is 3. The Balaban J connectivity index is 1.68.